The molecule has 0 aliphatic carbocycles. The molecule has 1 aromatic rings. The molecule has 1 amide bonds. The second kappa shape index (κ2) is 4.33. The van der Waals surface area contributed by atoms with Crippen LogP contribution in [0, 0.1) is 12.8 Å². The number of carbonyl (C=O) groups is 1. The number of carbonyl (C=O) groups excluding carboxylic acids is 1. The van der Waals surface area contributed by atoms with Gasteiger partial charge in [-0.15, -0.1) is 0 Å². The van der Waals surface area contributed by atoms with Gasteiger partial charge in [0.2, 0.25) is 5.91 Å². The molecule has 0 radical (unpaired) electrons. The zero-order valence-corrected chi connectivity index (χ0v) is 10.2. The number of pyridine rings is 1. The van der Waals surface area contributed by atoms with Crippen LogP contribution in [0.5, 0.6) is 0 Å². The minimum Gasteiger partial charge on any atom is -0.366 e. The first kappa shape index (κ1) is 11.9. The van der Waals surface area contributed by atoms with E-state index in [2.05, 4.69) is 16.8 Å². The fourth-order valence-corrected chi connectivity index (χ4v) is 2.13. The van der Waals surface area contributed by atoms with Crippen LogP contribution in [0.3, 0.4) is 0 Å². The molecule has 2 rings (SSSR count). The zero-order valence-electron chi connectivity index (χ0n) is 10.2. The second-order valence-corrected chi connectivity index (χ2v) is 4.77. The first-order valence-corrected chi connectivity index (χ1v) is 5.76. The summed E-state index contributed by atoms with van der Waals surface area (Å²) >= 11 is 0. The molecular formula is C12H18N4O. The van der Waals surface area contributed by atoms with Crippen molar-refractivity contribution in [2.75, 3.05) is 18.0 Å². The quantitative estimate of drug-likeness (QED) is 0.769. The van der Waals surface area contributed by atoms with Crippen LogP contribution in [0.25, 0.3) is 0 Å². The maximum absolute atomic E-state index is 11.2. The molecule has 2 atom stereocenters. The van der Waals surface area contributed by atoms with Crippen molar-refractivity contribution >= 4 is 11.7 Å². The molecule has 1 aromatic heterocycles. The average Bonchev–Trinajstić information content (AvgIpc) is 2.58. The van der Waals surface area contributed by atoms with Crippen LogP contribution in [0.4, 0.5) is 5.82 Å². The molecule has 2 unspecified atom stereocenters. The van der Waals surface area contributed by atoms with Crippen LogP contribution in [0.15, 0.2) is 12.1 Å². The van der Waals surface area contributed by atoms with Gasteiger partial charge in [-0.1, -0.05) is 6.92 Å². The van der Waals surface area contributed by atoms with E-state index in [9.17, 15) is 4.79 Å². The topological polar surface area (TPSA) is 85.2 Å². The minimum atomic E-state index is -0.423. The fourth-order valence-electron chi connectivity index (χ4n) is 2.13. The van der Waals surface area contributed by atoms with Crippen LogP contribution in [0.1, 0.15) is 23.0 Å². The number of rotatable bonds is 2. The van der Waals surface area contributed by atoms with Crippen molar-refractivity contribution in [3.63, 3.8) is 0 Å². The molecule has 0 saturated carbocycles. The largest absolute Gasteiger partial charge is 0.366 e. The van der Waals surface area contributed by atoms with Crippen LogP contribution in [-0.2, 0) is 0 Å². The van der Waals surface area contributed by atoms with Gasteiger partial charge in [0.25, 0.3) is 0 Å². The molecule has 4 N–H and O–H groups in total. The summed E-state index contributed by atoms with van der Waals surface area (Å²) in [6.45, 7) is 5.62. The molecule has 0 aromatic carbocycles. The van der Waals surface area contributed by atoms with E-state index in [0.717, 1.165) is 24.6 Å². The zero-order chi connectivity index (χ0) is 12.6. The highest BCUT2D eigenvalue weighted by Gasteiger charge is 2.27. The highest BCUT2D eigenvalue weighted by atomic mass is 16.1. The van der Waals surface area contributed by atoms with Gasteiger partial charge in [-0.05, 0) is 25.0 Å². The maximum Gasteiger partial charge on any atom is 0.248 e. The van der Waals surface area contributed by atoms with Crippen LogP contribution in [-0.4, -0.2) is 30.0 Å². The van der Waals surface area contributed by atoms with Crippen molar-refractivity contribution < 1.29 is 4.79 Å². The van der Waals surface area contributed by atoms with Crippen molar-refractivity contribution in [1.82, 2.24) is 4.98 Å². The molecule has 2 heterocycles. The third kappa shape index (κ3) is 2.39. The van der Waals surface area contributed by atoms with E-state index in [1.54, 1.807) is 12.1 Å². The summed E-state index contributed by atoms with van der Waals surface area (Å²) in [5.41, 5.74) is 12.6. The molecule has 5 heteroatoms. The number of anilines is 1. The summed E-state index contributed by atoms with van der Waals surface area (Å²) in [6.07, 6.45) is 0. The Balaban J connectivity index is 2.30. The summed E-state index contributed by atoms with van der Waals surface area (Å²) in [4.78, 5) is 17.7. The number of hydrogen-bond donors (Lipinski definition) is 2. The molecule has 1 aliphatic rings. The molecule has 0 bridgehead atoms. The Morgan fingerprint density at radius 1 is 1.47 bits per heavy atom. The van der Waals surface area contributed by atoms with E-state index in [4.69, 9.17) is 11.5 Å². The van der Waals surface area contributed by atoms with Gasteiger partial charge in [-0.2, -0.15) is 0 Å². The van der Waals surface area contributed by atoms with E-state index < -0.39 is 5.91 Å². The Hall–Kier alpha value is -1.62. The Labute approximate surface area is 101 Å². The minimum absolute atomic E-state index is 0.161. The lowest BCUT2D eigenvalue weighted by Crippen LogP contribution is -2.29. The molecule has 1 fully saturated rings. The number of nitrogens with zero attached hydrogens (tertiary/aromatic N) is 2. The van der Waals surface area contributed by atoms with Gasteiger partial charge in [0.1, 0.15) is 5.82 Å². The highest BCUT2D eigenvalue weighted by molar-refractivity contribution is 5.93. The average molecular weight is 234 g/mol. The number of primary amides is 1. The van der Waals surface area contributed by atoms with Crippen molar-refractivity contribution in [3.05, 3.63) is 23.4 Å². The molecular weight excluding hydrogens is 216 g/mol. The van der Waals surface area contributed by atoms with Crippen molar-refractivity contribution in [2.24, 2.45) is 17.4 Å². The Bertz CT molecular complexity index is 436. The third-order valence-corrected chi connectivity index (χ3v) is 3.22. The number of hydrogen-bond acceptors (Lipinski definition) is 4. The van der Waals surface area contributed by atoms with E-state index in [1.165, 1.54) is 0 Å². The number of amides is 1. The van der Waals surface area contributed by atoms with Gasteiger partial charge >= 0.3 is 0 Å². The van der Waals surface area contributed by atoms with Crippen molar-refractivity contribution in [3.8, 4) is 0 Å². The van der Waals surface area contributed by atoms with Crippen LogP contribution in [0.2, 0.25) is 0 Å². The van der Waals surface area contributed by atoms with E-state index in [0.29, 0.717) is 11.5 Å². The van der Waals surface area contributed by atoms with Gasteiger partial charge in [0, 0.05) is 30.4 Å². The van der Waals surface area contributed by atoms with Gasteiger partial charge in [0.15, 0.2) is 0 Å². The van der Waals surface area contributed by atoms with E-state index in [1.807, 2.05) is 6.92 Å². The van der Waals surface area contributed by atoms with Gasteiger partial charge in [-0.25, -0.2) is 4.98 Å². The summed E-state index contributed by atoms with van der Waals surface area (Å²) in [5, 5.41) is 0. The summed E-state index contributed by atoms with van der Waals surface area (Å²) in [7, 11) is 0. The van der Waals surface area contributed by atoms with Crippen molar-refractivity contribution in [2.45, 2.75) is 19.9 Å². The normalized spacial score (nSPS) is 24.1. The molecule has 0 spiro atoms. The standard InChI is InChI=1S/C12H18N4O/c1-7-5-16(6-10(7)13)11-4-9(12(14)17)3-8(2)15-11/h3-4,7,10H,5-6,13H2,1-2H3,(H2,14,17). The summed E-state index contributed by atoms with van der Waals surface area (Å²) < 4.78 is 0. The molecule has 92 valence electrons. The Kier molecular flexibility index (Phi) is 3.02. The predicted octanol–water partition coefficient (Wildman–Crippen LogP) is 0.272. The Morgan fingerprint density at radius 3 is 2.71 bits per heavy atom. The maximum atomic E-state index is 11.2. The monoisotopic (exact) mass is 234 g/mol. The number of aromatic nitrogens is 1. The lowest BCUT2D eigenvalue weighted by molar-refractivity contribution is 0.1000. The predicted molar refractivity (Wildman–Crippen MR) is 66.8 cm³/mol. The number of nitrogens with two attached hydrogens (primary N) is 2. The first-order chi connectivity index (χ1) is 7.97. The lowest BCUT2D eigenvalue weighted by atomic mass is 10.1. The van der Waals surface area contributed by atoms with Crippen LogP contribution >= 0.6 is 0 Å². The SMILES string of the molecule is Cc1cc(C(N)=O)cc(N2CC(C)C(N)C2)n1. The van der Waals surface area contributed by atoms with E-state index >= 15 is 0 Å². The van der Waals surface area contributed by atoms with Gasteiger partial charge in [0.05, 0.1) is 0 Å². The number of aryl methyl sites for hydroxylation is 1. The van der Waals surface area contributed by atoms with Gasteiger partial charge in [-0.3, -0.25) is 4.79 Å². The molecule has 1 saturated heterocycles. The smallest absolute Gasteiger partial charge is 0.248 e. The molecule has 1 aliphatic heterocycles. The van der Waals surface area contributed by atoms with Crippen LogP contribution < -0.4 is 16.4 Å². The molecule has 5 nitrogen and oxygen atoms in total. The lowest BCUT2D eigenvalue weighted by Gasteiger charge is -2.18. The Morgan fingerprint density at radius 2 is 2.18 bits per heavy atom. The second-order valence-electron chi connectivity index (χ2n) is 4.77. The first-order valence-electron chi connectivity index (χ1n) is 5.76. The van der Waals surface area contributed by atoms with E-state index in [-0.39, 0.29) is 6.04 Å². The summed E-state index contributed by atoms with van der Waals surface area (Å²) in [6, 6.07) is 3.60. The fraction of sp³-hybridized carbons (Fsp3) is 0.500. The van der Waals surface area contributed by atoms with Gasteiger partial charge < -0.3 is 16.4 Å². The molecule has 17 heavy (non-hydrogen) atoms. The summed E-state index contributed by atoms with van der Waals surface area (Å²) in [5.74, 6) is 0.807. The highest BCUT2D eigenvalue weighted by Crippen LogP contribution is 2.22. The van der Waals surface area contributed by atoms with Crippen molar-refractivity contribution in [1.29, 1.82) is 0 Å². The third-order valence-electron chi connectivity index (χ3n) is 3.22.